The lowest BCUT2D eigenvalue weighted by Crippen LogP contribution is -2.25. The van der Waals surface area contributed by atoms with Crippen molar-refractivity contribution in [1.29, 1.82) is 0 Å². The minimum Gasteiger partial charge on any atom is -0.354 e. The van der Waals surface area contributed by atoms with Gasteiger partial charge in [0.2, 0.25) is 0 Å². The lowest BCUT2D eigenvalue weighted by atomic mass is 10.5. The van der Waals surface area contributed by atoms with E-state index in [1.165, 1.54) is 0 Å². The number of hydrogen-bond donors (Lipinski definition) is 1. The van der Waals surface area contributed by atoms with Gasteiger partial charge in [0.1, 0.15) is 0 Å². The van der Waals surface area contributed by atoms with Crippen LogP contribution >= 0.6 is 0 Å². The van der Waals surface area contributed by atoms with Gasteiger partial charge in [-0.15, -0.1) is 0 Å². The summed E-state index contributed by atoms with van der Waals surface area (Å²) in [5.74, 6) is -0.521. The molecular weight excluding hydrogens is 109 g/mol. The second-order valence-corrected chi connectivity index (χ2v) is 1.48. The van der Waals surface area contributed by atoms with E-state index in [2.05, 4.69) is 5.32 Å². The highest BCUT2D eigenvalue weighted by Gasteiger charge is 1.93. The van der Waals surface area contributed by atoms with Crippen LogP contribution in [-0.4, -0.2) is 19.1 Å². The van der Waals surface area contributed by atoms with E-state index in [0.29, 0.717) is 6.54 Å². The molecule has 3 heteroatoms. The number of hydrogen-bond acceptors (Lipinski definition) is 1. The van der Waals surface area contributed by atoms with Gasteiger partial charge in [0.15, 0.2) is 6.67 Å². The fourth-order valence-corrected chi connectivity index (χ4v) is 0.312. The maximum absolute atomic E-state index is 11.3. The van der Waals surface area contributed by atoms with Gasteiger partial charge in [0.25, 0.3) is 5.91 Å². The second kappa shape index (κ2) is 4.56. The van der Waals surface area contributed by atoms with Crippen LogP contribution in [-0.2, 0) is 4.79 Å². The first-order valence-electron chi connectivity index (χ1n) is 2.64. The van der Waals surface area contributed by atoms with Gasteiger partial charge in [0.05, 0.1) is 0 Å². The van der Waals surface area contributed by atoms with Crippen molar-refractivity contribution in [3.8, 4) is 0 Å². The summed E-state index contributed by atoms with van der Waals surface area (Å²) in [5.41, 5.74) is 0. The van der Waals surface area contributed by atoms with Gasteiger partial charge in [-0.25, -0.2) is 4.39 Å². The van der Waals surface area contributed by atoms with Gasteiger partial charge < -0.3 is 5.32 Å². The maximum Gasteiger partial charge on any atom is 0.251 e. The fraction of sp³-hybridized carbons (Fsp3) is 0.800. The maximum atomic E-state index is 11.3. The van der Waals surface area contributed by atoms with E-state index in [1.54, 1.807) is 0 Å². The summed E-state index contributed by atoms with van der Waals surface area (Å²) in [6, 6.07) is 0. The minimum absolute atomic E-state index is 0.521. The number of halogens is 1. The van der Waals surface area contributed by atoms with E-state index in [4.69, 9.17) is 0 Å². The predicted octanol–water partition coefficient (Wildman–Crippen LogP) is 0.482. The molecule has 0 aliphatic carbocycles. The molecule has 0 atom stereocenters. The molecule has 8 heavy (non-hydrogen) atoms. The molecule has 1 amide bonds. The lowest BCUT2D eigenvalue weighted by Gasteiger charge is -1.95. The van der Waals surface area contributed by atoms with Crippen LogP contribution in [0.15, 0.2) is 0 Å². The van der Waals surface area contributed by atoms with Crippen LogP contribution < -0.4 is 5.32 Å². The Morgan fingerprint density at radius 2 is 2.38 bits per heavy atom. The molecule has 0 aliphatic heterocycles. The Hall–Kier alpha value is -0.600. The number of carbonyl (C=O) groups is 1. The first-order chi connectivity index (χ1) is 3.81. The Labute approximate surface area is 48.1 Å². The van der Waals surface area contributed by atoms with Crippen molar-refractivity contribution in [2.24, 2.45) is 0 Å². The van der Waals surface area contributed by atoms with Crippen molar-refractivity contribution in [3.63, 3.8) is 0 Å². The van der Waals surface area contributed by atoms with Crippen LogP contribution in [0, 0.1) is 0 Å². The minimum atomic E-state index is -0.903. The standard InChI is InChI=1S/C5H10FNO/c1-2-3-7-5(8)4-6/h2-4H2,1H3,(H,7,8). The molecule has 0 bridgehead atoms. The Kier molecular flexibility index (Phi) is 4.21. The van der Waals surface area contributed by atoms with Gasteiger partial charge >= 0.3 is 0 Å². The van der Waals surface area contributed by atoms with Gasteiger partial charge in [-0.1, -0.05) is 6.92 Å². The number of amides is 1. The summed E-state index contributed by atoms with van der Waals surface area (Å²) in [7, 11) is 0. The summed E-state index contributed by atoms with van der Waals surface area (Å²) in [6.07, 6.45) is 0.853. The fourth-order valence-electron chi connectivity index (χ4n) is 0.312. The van der Waals surface area contributed by atoms with Crippen LogP contribution in [0.4, 0.5) is 4.39 Å². The summed E-state index contributed by atoms with van der Waals surface area (Å²) in [6.45, 7) is 1.58. The summed E-state index contributed by atoms with van der Waals surface area (Å²) in [4.78, 5) is 10.1. The van der Waals surface area contributed by atoms with E-state index >= 15 is 0 Å². The number of carbonyl (C=O) groups excluding carboxylic acids is 1. The molecule has 0 spiro atoms. The van der Waals surface area contributed by atoms with Crippen molar-refractivity contribution in [2.45, 2.75) is 13.3 Å². The molecule has 0 heterocycles. The first kappa shape index (κ1) is 7.40. The van der Waals surface area contributed by atoms with E-state index in [1.807, 2.05) is 6.92 Å². The highest BCUT2D eigenvalue weighted by Crippen LogP contribution is 1.71. The topological polar surface area (TPSA) is 29.1 Å². The molecule has 1 N–H and O–H groups in total. The second-order valence-electron chi connectivity index (χ2n) is 1.48. The number of nitrogens with one attached hydrogen (secondary N) is 1. The lowest BCUT2D eigenvalue weighted by molar-refractivity contribution is -0.121. The van der Waals surface area contributed by atoms with Crippen molar-refractivity contribution < 1.29 is 9.18 Å². The Bertz CT molecular complexity index is 74.8. The summed E-state index contributed by atoms with van der Waals surface area (Å²) in [5, 5.41) is 2.37. The van der Waals surface area contributed by atoms with E-state index < -0.39 is 12.6 Å². The molecule has 48 valence electrons. The van der Waals surface area contributed by atoms with Gasteiger partial charge in [-0.3, -0.25) is 4.79 Å². The highest BCUT2D eigenvalue weighted by atomic mass is 19.1. The zero-order chi connectivity index (χ0) is 6.41. The quantitative estimate of drug-likeness (QED) is 0.575. The van der Waals surface area contributed by atoms with E-state index in [9.17, 15) is 9.18 Å². The predicted molar refractivity (Wildman–Crippen MR) is 29.3 cm³/mol. The normalized spacial score (nSPS) is 8.75. The third kappa shape index (κ3) is 3.59. The smallest absolute Gasteiger partial charge is 0.251 e. The molecule has 0 radical (unpaired) electrons. The molecule has 2 nitrogen and oxygen atoms in total. The molecule has 0 rings (SSSR count). The number of rotatable bonds is 3. The largest absolute Gasteiger partial charge is 0.354 e. The van der Waals surface area contributed by atoms with Crippen molar-refractivity contribution in [1.82, 2.24) is 5.32 Å². The molecule has 0 unspecified atom stereocenters. The molecule has 0 aliphatic rings. The third-order valence-corrected chi connectivity index (χ3v) is 0.694. The van der Waals surface area contributed by atoms with Crippen molar-refractivity contribution in [3.05, 3.63) is 0 Å². The van der Waals surface area contributed by atoms with Gasteiger partial charge in [-0.2, -0.15) is 0 Å². The molecule has 0 saturated heterocycles. The SMILES string of the molecule is CCCNC(=O)CF. The first-order valence-corrected chi connectivity index (χ1v) is 2.64. The molecule has 0 aromatic carbocycles. The van der Waals surface area contributed by atoms with E-state index in [-0.39, 0.29) is 0 Å². The summed E-state index contributed by atoms with van der Waals surface area (Å²) >= 11 is 0. The van der Waals surface area contributed by atoms with E-state index in [0.717, 1.165) is 6.42 Å². The summed E-state index contributed by atoms with van der Waals surface area (Å²) < 4.78 is 11.3. The van der Waals surface area contributed by atoms with Gasteiger partial charge in [0, 0.05) is 6.54 Å². The Morgan fingerprint density at radius 3 is 2.75 bits per heavy atom. The van der Waals surface area contributed by atoms with Crippen molar-refractivity contribution >= 4 is 5.91 Å². The Morgan fingerprint density at radius 1 is 1.75 bits per heavy atom. The monoisotopic (exact) mass is 119 g/mol. The average Bonchev–Trinajstić information content (AvgIpc) is 1.83. The molecule has 0 aromatic heterocycles. The number of alkyl halides is 1. The van der Waals surface area contributed by atoms with Gasteiger partial charge in [-0.05, 0) is 6.42 Å². The molecule has 0 saturated carbocycles. The molecular formula is C5H10FNO. The zero-order valence-electron chi connectivity index (χ0n) is 4.91. The molecule has 0 aromatic rings. The van der Waals surface area contributed by atoms with Crippen LogP contribution in [0.5, 0.6) is 0 Å². The van der Waals surface area contributed by atoms with Crippen molar-refractivity contribution in [2.75, 3.05) is 13.2 Å². The average molecular weight is 119 g/mol. The van der Waals surface area contributed by atoms with Crippen LogP contribution in [0.1, 0.15) is 13.3 Å². The van der Waals surface area contributed by atoms with Crippen LogP contribution in [0.2, 0.25) is 0 Å². The Balaban J connectivity index is 2.99. The zero-order valence-corrected chi connectivity index (χ0v) is 4.91. The van der Waals surface area contributed by atoms with Crippen LogP contribution in [0.3, 0.4) is 0 Å². The third-order valence-electron chi connectivity index (χ3n) is 0.694. The molecule has 0 fully saturated rings. The van der Waals surface area contributed by atoms with Crippen LogP contribution in [0.25, 0.3) is 0 Å². The highest BCUT2D eigenvalue weighted by molar-refractivity contribution is 5.76.